The van der Waals surface area contributed by atoms with Crippen LogP contribution in [0.1, 0.15) is 15.9 Å². The summed E-state index contributed by atoms with van der Waals surface area (Å²) in [5.74, 6) is 0.494. The number of hydrogen-bond donors (Lipinski definition) is 1. The predicted molar refractivity (Wildman–Crippen MR) is 90.1 cm³/mol. The molecule has 0 unspecified atom stereocenters. The monoisotopic (exact) mass is 407 g/mol. The van der Waals surface area contributed by atoms with Gasteiger partial charge in [-0.25, -0.2) is 0 Å². The van der Waals surface area contributed by atoms with E-state index in [2.05, 4.69) is 36.8 Å². The van der Waals surface area contributed by atoms with Gasteiger partial charge in [0.05, 0.1) is 12.7 Å². The lowest BCUT2D eigenvalue weighted by Crippen LogP contribution is -2.03. The highest BCUT2D eigenvalue weighted by Gasteiger charge is 2.18. The predicted octanol–water partition coefficient (Wildman–Crippen LogP) is 4.93. The molecular formula is C16H11Br2NO2. The Bertz CT molecular complexity index is 839. The van der Waals surface area contributed by atoms with Crippen molar-refractivity contribution in [2.75, 3.05) is 7.11 Å². The van der Waals surface area contributed by atoms with Crippen LogP contribution in [0.2, 0.25) is 0 Å². The van der Waals surface area contributed by atoms with E-state index in [1.807, 2.05) is 24.3 Å². The van der Waals surface area contributed by atoms with E-state index in [-0.39, 0.29) is 5.78 Å². The molecule has 1 heterocycles. The third-order valence-corrected chi connectivity index (χ3v) is 4.28. The van der Waals surface area contributed by atoms with Crippen molar-refractivity contribution in [3.63, 3.8) is 0 Å². The summed E-state index contributed by atoms with van der Waals surface area (Å²) in [4.78, 5) is 15.9. The van der Waals surface area contributed by atoms with E-state index < -0.39 is 0 Å². The smallest absolute Gasteiger partial charge is 0.198 e. The lowest BCUT2D eigenvalue weighted by Gasteiger charge is -2.07. The van der Waals surface area contributed by atoms with Gasteiger partial charge in [0, 0.05) is 31.6 Å². The molecule has 3 aromatic rings. The first-order valence-electron chi connectivity index (χ1n) is 6.25. The van der Waals surface area contributed by atoms with E-state index in [9.17, 15) is 4.79 Å². The second kappa shape index (κ2) is 5.66. The topological polar surface area (TPSA) is 42.1 Å². The number of hydrogen-bond acceptors (Lipinski definition) is 2. The third kappa shape index (κ3) is 2.63. The first-order chi connectivity index (χ1) is 10.1. The fourth-order valence-electron chi connectivity index (χ4n) is 2.28. The number of fused-ring (bicyclic) bond motifs is 1. The molecule has 0 aliphatic carbocycles. The number of carbonyl (C=O) groups is 1. The van der Waals surface area contributed by atoms with Gasteiger partial charge in [-0.2, -0.15) is 0 Å². The molecule has 1 N–H and O–H groups in total. The summed E-state index contributed by atoms with van der Waals surface area (Å²) in [7, 11) is 1.56. The van der Waals surface area contributed by atoms with Gasteiger partial charge < -0.3 is 9.72 Å². The molecule has 0 saturated heterocycles. The second-order valence-corrected chi connectivity index (χ2v) is 6.40. The van der Waals surface area contributed by atoms with Gasteiger partial charge in [-0.05, 0) is 30.3 Å². The summed E-state index contributed by atoms with van der Waals surface area (Å²) < 4.78 is 7.15. The highest BCUT2D eigenvalue weighted by molar-refractivity contribution is 9.10. The van der Waals surface area contributed by atoms with Crippen LogP contribution >= 0.6 is 31.9 Å². The molecule has 2 aromatic carbocycles. The average Bonchev–Trinajstić information content (AvgIpc) is 2.89. The number of aromatic amines is 1. The zero-order chi connectivity index (χ0) is 15.0. The number of ketones is 1. The number of carbonyl (C=O) groups excluding carboxylic acids is 1. The van der Waals surface area contributed by atoms with E-state index in [1.165, 1.54) is 0 Å². The molecule has 1 aromatic heterocycles. The average molecular weight is 409 g/mol. The van der Waals surface area contributed by atoms with Crippen LogP contribution in [0.3, 0.4) is 0 Å². The molecule has 0 fully saturated rings. The summed E-state index contributed by atoms with van der Waals surface area (Å²) in [6, 6.07) is 11.2. The molecular weight excluding hydrogens is 398 g/mol. The van der Waals surface area contributed by atoms with Gasteiger partial charge in [0.1, 0.15) is 5.75 Å². The number of aromatic nitrogens is 1. The van der Waals surface area contributed by atoms with Gasteiger partial charge in [-0.3, -0.25) is 4.79 Å². The van der Waals surface area contributed by atoms with Crippen molar-refractivity contribution in [3.05, 3.63) is 62.7 Å². The maximum atomic E-state index is 12.8. The fraction of sp³-hybridized carbons (Fsp3) is 0.0625. The van der Waals surface area contributed by atoms with Gasteiger partial charge in [0.2, 0.25) is 0 Å². The first kappa shape index (κ1) is 14.4. The Morgan fingerprint density at radius 1 is 1.05 bits per heavy atom. The van der Waals surface area contributed by atoms with Crippen LogP contribution in [-0.2, 0) is 0 Å². The molecule has 0 radical (unpaired) electrons. The Labute approximate surface area is 138 Å². The van der Waals surface area contributed by atoms with Crippen LogP contribution in [0.4, 0.5) is 0 Å². The molecule has 3 nitrogen and oxygen atoms in total. The van der Waals surface area contributed by atoms with Crippen molar-refractivity contribution in [1.82, 2.24) is 4.98 Å². The molecule has 0 saturated carbocycles. The summed E-state index contributed by atoms with van der Waals surface area (Å²) in [5.41, 5.74) is 2.10. The fourth-order valence-corrected chi connectivity index (χ4v) is 2.99. The van der Waals surface area contributed by atoms with E-state index in [1.54, 1.807) is 25.4 Å². The van der Waals surface area contributed by atoms with E-state index >= 15 is 0 Å². The van der Waals surface area contributed by atoms with Crippen molar-refractivity contribution in [1.29, 1.82) is 0 Å². The number of ether oxygens (including phenoxy) is 1. The second-order valence-electron chi connectivity index (χ2n) is 4.57. The molecule has 21 heavy (non-hydrogen) atoms. The van der Waals surface area contributed by atoms with Crippen LogP contribution < -0.4 is 4.74 Å². The number of nitrogens with one attached hydrogen (secondary N) is 1. The maximum Gasteiger partial charge on any atom is 0.198 e. The van der Waals surface area contributed by atoms with Gasteiger partial charge in [0.15, 0.2) is 5.78 Å². The van der Waals surface area contributed by atoms with E-state index in [0.29, 0.717) is 16.9 Å². The minimum atomic E-state index is -0.0621. The minimum Gasteiger partial charge on any atom is -0.496 e. The summed E-state index contributed by atoms with van der Waals surface area (Å²) in [6.07, 6.45) is 1.74. The molecule has 0 bridgehead atoms. The Balaban J connectivity index is 2.13. The number of rotatable bonds is 3. The highest BCUT2D eigenvalue weighted by Crippen LogP contribution is 2.29. The van der Waals surface area contributed by atoms with Crippen molar-refractivity contribution < 1.29 is 9.53 Å². The Morgan fingerprint density at radius 3 is 2.52 bits per heavy atom. The standard InChI is InChI=1S/C16H11Br2NO2/c1-21-15-7-10(18)3-5-12(15)16(20)13-8-19-14-6-9(17)2-4-11(13)14/h2-8,19H,1H3. The summed E-state index contributed by atoms with van der Waals surface area (Å²) >= 11 is 6.80. The quantitative estimate of drug-likeness (QED) is 0.624. The molecule has 0 spiro atoms. The number of halogens is 2. The molecule has 0 aliphatic heterocycles. The van der Waals surface area contributed by atoms with E-state index in [0.717, 1.165) is 19.8 Å². The summed E-state index contributed by atoms with van der Waals surface area (Å²) in [5, 5.41) is 0.896. The van der Waals surface area contributed by atoms with Crippen molar-refractivity contribution in [3.8, 4) is 5.75 Å². The lowest BCUT2D eigenvalue weighted by atomic mass is 10.0. The van der Waals surface area contributed by atoms with Crippen LogP contribution in [0, 0.1) is 0 Å². The van der Waals surface area contributed by atoms with Crippen LogP contribution in [0.5, 0.6) is 5.75 Å². The van der Waals surface area contributed by atoms with Crippen molar-refractivity contribution in [2.24, 2.45) is 0 Å². The van der Waals surface area contributed by atoms with Crippen LogP contribution in [0.15, 0.2) is 51.5 Å². The number of methoxy groups -OCH3 is 1. The first-order valence-corrected chi connectivity index (χ1v) is 7.83. The summed E-state index contributed by atoms with van der Waals surface area (Å²) in [6.45, 7) is 0. The normalized spacial score (nSPS) is 10.8. The van der Waals surface area contributed by atoms with Gasteiger partial charge >= 0.3 is 0 Å². The maximum absolute atomic E-state index is 12.8. The molecule has 5 heteroatoms. The zero-order valence-corrected chi connectivity index (χ0v) is 14.3. The Kier molecular flexibility index (Phi) is 3.87. The van der Waals surface area contributed by atoms with Crippen molar-refractivity contribution >= 4 is 48.5 Å². The molecule has 0 amide bonds. The SMILES string of the molecule is COc1cc(Br)ccc1C(=O)c1c[nH]c2cc(Br)ccc12. The third-order valence-electron chi connectivity index (χ3n) is 3.30. The number of H-pyrrole nitrogens is 1. The van der Waals surface area contributed by atoms with Gasteiger partial charge in [-0.1, -0.05) is 37.9 Å². The highest BCUT2D eigenvalue weighted by atomic mass is 79.9. The molecule has 0 atom stereocenters. The molecule has 0 aliphatic rings. The van der Waals surface area contributed by atoms with E-state index in [4.69, 9.17) is 4.74 Å². The lowest BCUT2D eigenvalue weighted by molar-refractivity contribution is 0.103. The zero-order valence-electron chi connectivity index (χ0n) is 11.1. The van der Waals surface area contributed by atoms with Crippen LogP contribution in [0.25, 0.3) is 10.9 Å². The molecule has 106 valence electrons. The van der Waals surface area contributed by atoms with Crippen LogP contribution in [-0.4, -0.2) is 17.9 Å². The molecule has 3 rings (SSSR count). The Morgan fingerprint density at radius 2 is 1.76 bits per heavy atom. The minimum absolute atomic E-state index is 0.0621. The largest absolute Gasteiger partial charge is 0.496 e. The van der Waals surface area contributed by atoms with Crippen molar-refractivity contribution in [2.45, 2.75) is 0 Å². The van der Waals surface area contributed by atoms with Gasteiger partial charge in [-0.15, -0.1) is 0 Å². The Hall–Kier alpha value is -1.59. The van der Waals surface area contributed by atoms with Gasteiger partial charge in [0.25, 0.3) is 0 Å². The number of benzene rings is 2.